The summed E-state index contributed by atoms with van der Waals surface area (Å²) in [7, 11) is -3.79. The first-order valence-corrected chi connectivity index (χ1v) is 10.3. The monoisotopic (exact) mass is 396 g/mol. The second-order valence-corrected chi connectivity index (χ2v) is 8.10. The Morgan fingerprint density at radius 3 is 1.96 bits per heavy atom. The number of sulfonamides is 1. The van der Waals surface area contributed by atoms with Gasteiger partial charge in [0, 0.05) is 0 Å². The lowest BCUT2D eigenvalue weighted by Gasteiger charge is -2.31. The van der Waals surface area contributed by atoms with Gasteiger partial charge in [-0.1, -0.05) is 19.1 Å². The van der Waals surface area contributed by atoms with Crippen LogP contribution < -0.4 is 9.62 Å². The van der Waals surface area contributed by atoms with Gasteiger partial charge in [0.05, 0.1) is 18.0 Å². The molecule has 0 aromatic heterocycles. The molecule has 5 nitrogen and oxygen atoms in total. The van der Waals surface area contributed by atoms with E-state index in [0.717, 1.165) is 22.7 Å². The maximum atomic E-state index is 13.2. The van der Waals surface area contributed by atoms with Crippen molar-refractivity contribution < 1.29 is 22.0 Å². The highest BCUT2D eigenvalue weighted by atomic mass is 32.2. The van der Waals surface area contributed by atoms with Crippen molar-refractivity contribution in [3.8, 4) is 0 Å². The zero-order chi connectivity index (χ0) is 20.2. The summed E-state index contributed by atoms with van der Waals surface area (Å²) in [5.41, 5.74) is 0.891. The Morgan fingerprint density at radius 2 is 1.52 bits per heavy atom. The summed E-state index contributed by atoms with van der Waals surface area (Å²) in [5.74, 6) is -1.39. The van der Waals surface area contributed by atoms with Crippen LogP contribution in [0.5, 0.6) is 0 Å². The Morgan fingerprint density at radius 1 is 1.04 bits per heavy atom. The molecule has 0 spiro atoms. The van der Waals surface area contributed by atoms with Gasteiger partial charge in [-0.3, -0.25) is 9.10 Å². The highest BCUT2D eigenvalue weighted by Gasteiger charge is 2.32. The minimum Gasteiger partial charge on any atom is -0.348 e. The lowest BCUT2D eigenvalue weighted by molar-refractivity contribution is -0.122. The van der Waals surface area contributed by atoms with E-state index in [1.807, 2.05) is 0 Å². The fourth-order valence-corrected chi connectivity index (χ4v) is 4.00. The largest absolute Gasteiger partial charge is 0.348 e. The van der Waals surface area contributed by atoms with Gasteiger partial charge in [-0.25, -0.2) is 17.2 Å². The van der Waals surface area contributed by atoms with Gasteiger partial charge in [-0.05, 0) is 55.3 Å². The van der Waals surface area contributed by atoms with Gasteiger partial charge in [0.2, 0.25) is 15.9 Å². The molecule has 0 heterocycles. The fraction of sp³-hybridized carbons (Fsp3) is 0.316. The first kappa shape index (κ1) is 20.8. The van der Waals surface area contributed by atoms with E-state index in [0.29, 0.717) is 5.56 Å². The molecule has 0 radical (unpaired) electrons. The zero-order valence-electron chi connectivity index (χ0n) is 15.3. The molecule has 8 heteroatoms. The van der Waals surface area contributed by atoms with Gasteiger partial charge >= 0.3 is 0 Å². The molecule has 27 heavy (non-hydrogen) atoms. The van der Waals surface area contributed by atoms with E-state index in [-0.39, 0.29) is 17.9 Å². The van der Waals surface area contributed by atoms with Crippen LogP contribution in [0.3, 0.4) is 0 Å². The molecule has 0 aliphatic rings. The van der Waals surface area contributed by atoms with E-state index in [2.05, 4.69) is 5.32 Å². The molecule has 0 bridgehead atoms. The van der Waals surface area contributed by atoms with Crippen LogP contribution >= 0.6 is 0 Å². The van der Waals surface area contributed by atoms with Crippen molar-refractivity contribution in [2.24, 2.45) is 0 Å². The van der Waals surface area contributed by atoms with Gasteiger partial charge in [0.1, 0.15) is 17.7 Å². The Labute approximate surface area is 158 Å². The third kappa shape index (κ3) is 5.26. The smallest absolute Gasteiger partial charge is 0.244 e. The quantitative estimate of drug-likeness (QED) is 0.780. The minimum absolute atomic E-state index is 0.204. The van der Waals surface area contributed by atoms with Crippen LogP contribution in [0, 0.1) is 11.6 Å². The Hall–Kier alpha value is -2.48. The summed E-state index contributed by atoms with van der Waals surface area (Å²) in [4.78, 5) is 12.8. The van der Waals surface area contributed by atoms with Crippen LogP contribution in [-0.4, -0.2) is 26.6 Å². The van der Waals surface area contributed by atoms with E-state index < -0.39 is 33.8 Å². The summed E-state index contributed by atoms with van der Waals surface area (Å²) >= 11 is 0. The summed E-state index contributed by atoms with van der Waals surface area (Å²) < 4.78 is 51.9. The number of hydrogen-bond donors (Lipinski definition) is 1. The maximum absolute atomic E-state index is 13.2. The molecule has 2 aromatic rings. The van der Waals surface area contributed by atoms with Gasteiger partial charge in [-0.2, -0.15) is 0 Å². The number of rotatable bonds is 7. The number of nitrogens with zero attached hydrogens (tertiary/aromatic N) is 1. The molecule has 1 N–H and O–H groups in total. The SMILES string of the molecule is CC[C@@H](C(=O)N[C@@H](C)c1ccc(F)cc1)N(c1ccc(F)cc1)S(C)(=O)=O. The standard InChI is InChI=1S/C19H22F2N2O3S/c1-4-18(19(24)22-13(2)14-5-7-15(20)8-6-14)23(27(3,25)26)17-11-9-16(21)10-12-17/h5-13,18H,4H2,1-3H3,(H,22,24)/t13-,18-/m0/s1. The highest BCUT2D eigenvalue weighted by Crippen LogP contribution is 2.23. The van der Waals surface area contributed by atoms with Gasteiger partial charge in [0.25, 0.3) is 0 Å². The van der Waals surface area contributed by atoms with Crippen LogP contribution in [0.2, 0.25) is 0 Å². The average Bonchev–Trinajstić information content (AvgIpc) is 2.60. The predicted octanol–water partition coefficient (Wildman–Crippen LogP) is 3.39. The summed E-state index contributed by atoms with van der Waals surface area (Å²) in [5, 5.41) is 2.76. The molecule has 0 aliphatic carbocycles. The molecule has 0 saturated heterocycles. The number of amides is 1. The van der Waals surface area contributed by atoms with Crippen molar-refractivity contribution in [1.82, 2.24) is 5.32 Å². The summed E-state index contributed by atoms with van der Waals surface area (Å²) in [6.45, 7) is 3.41. The second kappa shape index (κ2) is 8.47. The summed E-state index contributed by atoms with van der Waals surface area (Å²) in [6, 6.07) is 9.14. The van der Waals surface area contributed by atoms with Crippen LogP contribution in [0.15, 0.2) is 48.5 Å². The fourth-order valence-electron chi connectivity index (χ4n) is 2.79. The molecule has 2 atom stereocenters. The third-order valence-electron chi connectivity index (χ3n) is 4.14. The number of benzene rings is 2. The topological polar surface area (TPSA) is 66.5 Å². The highest BCUT2D eigenvalue weighted by molar-refractivity contribution is 7.92. The number of hydrogen-bond acceptors (Lipinski definition) is 3. The molecular weight excluding hydrogens is 374 g/mol. The first-order chi connectivity index (χ1) is 12.6. The second-order valence-electron chi connectivity index (χ2n) is 6.24. The molecule has 2 rings (SSSR count). The van der Waals surface area contributed by atoms with E-state index in [9.17, 15) is 22.0 Å². The molecule has 0 unspecified atom stereocenters. The molecule has 0 fully saturated rings. The summed E-state index contributed by atoms with van der Waals surface area (Å²) in [6.07, 6.45) is 1.21. The number of nitrogens with one attached hydrogen (secondary N) is 1. The van der Waals surface area contributed by atoms with E-state index in [1.54, 1.807) is 26.0 Å². The molecule has 1 amide bonds. The average molecular weight is 396 g/mol. The minimum atomic E-state index is -3.79. The molecule has 2 aromatic carbocycles. The third-order valence-corrected chi connectivity index (χ3v) is 5.32. The van der Waals surface area contributed by atoms with Crippen molar-refractivity contribution in [2.75, 3.05) is 10.6 Å². The molecule has 146 valence electrons. The zero-order valence-corrected chi connectivity index (χ0v) is 16.1. The van der Waals surface area contributed by atoms with Crippen molar-refractivity contribution in [3.63, 3.8) is 0 Å². The molecule has 0 saturated carbocycles. The maximum Gasteiger partial charge on any atom is 0.244 e. The number of anilines is 1. The van der Waals surface area contributed by atoms with E-state index in [4.69, 9.17) is 0 Å². The van der Waals surface area contributed by atoms with Crippen LogP contribution in [0.25, 0.3) is 0 Å². The van der Waals surface area contributed by atoms with Gasteiger partial charge in [0.15, 0.2) is 0 Å². The normalized spacial score (nSPS) is 13.7. The number of carbonyl (C=O) groups excluding carboxylic acids is 1. The predicted molar refractivity (Wildman–Crippen MR) is 101 cm³/mol. The van der Waals surface area contributed by atoms with E-state index >= 15 is 0 Å². The molecular formula is C19H22F2N2O3S. The van der Waals surface area contributed by atoms with Crippen molar-refractivity contribution in [3.05, 3.63) is 65.7 Å². The Bertz CT molecular complexity index is 884. The lowest BCUT2D eigenvalue weighted by Crippen LogP contribution is -2.49. The Kier molecular flexibility index (Phi) is 6.54. The van der Waals surface area contributed by atoms with Crippen LogP contribution in [0.4, 0.5) is 14.5 Å². The van der Waals surface area contributed by atoms with E-state index in [1.165, 1.54) is 24.3 Å². The lowest BCUT2D eigenvalue weighted by atomic mass is 10.1. The van der Waals surface area contributed by atoms with Crippen molar-refractivity contribution >= 4 is 21.6 Å². The number of halogens is 2. The molecule has 0 aliphatic heterocycles. The van der Waals surface area contributed by atoms with Gasteiger partial charge < -0.3 is 5.32 Å². The number of carbonyl (C=O) groups is 1. The van der Waals surface area contributed by atoms with Gasteiger partial charge in [-0.15, -0.1) is 0 Å². The first-order valence-electron chi connectivity index (χ1n) is 8.44. The van der Waals surface area contributed by atoms with Crippen molar-refractivity contribution in [1.29, 1.82) is 0 Å². The van der Waals surface area contributed by atoms with Crippen molar-refractivity contribution in [2.45, 2.75) is 32.4 Å². The van der Waals surface area contributed by atoms with Crippen LogP contribution in [-0.2, 0) is 14.8 Å². The van der Waals surface area contributed by atoms with Crippen LogP contribution in [0.1, 0.15) is 31.9 Å². The Balaban J connectivity index is 2.28.